The fourth-order valence-electron chi connectivity index (χ4n) is 0.846. The number of esters is 1. The van der Waals surface area contributed by atoms with Gasteiger partial charge in [-0.2, -0.15) is 5.10 Å². The van der Waals surface area contributed by atoms with Crippen LogP contribution in [-0.4, -0.2) is 23.3 Å². The van der Waals surface area contributed by atoms with Gasteiger partial charge in [0.1, 0.15) is 6.04 Å². The lowest BCUT2D eigenvalue weighted by molar-refractivity contribution is -0.142. The molecule has 0 saturated carbocycles. The van der Waals surface area contributed by atoms with Crippen LogP contribution < -0.4 is 5.73 Å². The maximum Gasteiger partial charge on any atom is 0.328 e. The number of rotatable bonds is 2. The van der Waals surface area contributed by atoms with Crippen LogP contribution in [0.3, 0.4) is 0 Å². The van der Waals surface area contributed by atoms with Crippen LogP contribution in [0.1, 0.15) is 17.4 Å². The highest BCUT2D eigenvalue weighted by Crippen LogP contribution is 2.08. The molecule has 0 bridgehead atoms. The number of carbonyl (C=O) groups excluding carboxylic acids is 1. The molecular weight excluding hydrogens is 158 g/mol. The Bertz CT molecular complexity index is 282. The Kier molecular flexibility index (Phi) is 2.44. The summed E-state index contributed by atoms with van der Waals surface area (Å²) in [6.07, 6.45) is 0. The summed E-state index contributed by atoms with van der Waals surface area (Å²) < 4.78 is 4.46. The molecule has 5 nitrogen and oxygen atoms in total. The maximum atomic E-state index is 10.9. The number of nitrogens with zero attached hydrogens (tertiary/aromatic N) is 1. The van der Waals surface area contributed by atoms with Crippen LogP contribution in [0.5, 0.6) is 0 Å². The zero-order valence-corrected chi connectivity index (χ0v) is 7.00. The number of hydrogen-bond donors (Lipinski definition) is 2. The Morgan fingerprint density at radius 2 is 2.50 bits per heavy atom. The van der Waals surface area contributed by atoms with Gasteiger partial charge in [-0.05, 0) is 13.0 Å². The largest absolute Gasteiger partial charge is 0.468 e. The molecule has 0 aliphatic rings. The molecule has 0 amide bonds. The van der Waals surface area contributed by atoms with Gasteiger partial charge < -0.3 is 10.5 Å². The highest BCUT2D eigenvalue weighted by Gasteiger charge is 2.18. The lowest BCUT2D eigenvalue weighted by atomic mass is 10.2. The van der Waals surface area contributed by atoms with Crippen molar-refractivity contribution in [2.24, 2.45) is 5.73 Å². The molecule has 0 spiro atoms. The van der Waals surface area contributed by atoms with E-state index in [4.69, 9.17) is 5.73 Å². The number of H-pyrrole nitrogens is 1. The average Bonchev–Trinajstić information content (AvgIpc) is 2.49. The first-order valence-corrected chi connectivity index (χ1v) is 3.50. The summed E-state index contributed by atoms with van der Waals surface area (Å²) in [5, 5.41) is 6.52. The van der Waals surface area contributed by atoms with E-state index in [-0.39, 0.29) is 0 Å². The molecule has 0 aliphatic carbocycles. The summed E-state index contributed by atoms with van der Waals surface area (Å²) in [5.74, 6) is -0.485. The number of ether oxygens (including phenoxy) is 1. The quantitative estimate of drug-likeness (QED) is 0.605. The molecule has 12 heavy (non-hydrogen) atoms. The fourth-order valence-corrected chi connectivity index (χ4v) is 0.846. The molecule has 1 heterocycles. The topological polar surface area (TPSA) is 81.0 Å². The molecule has 1 aromatic heterocycles. The van der Waals surface area contributed by atoms with Crippen molar-refractivity contribution in [3.63, 3.8) is 0 Å². The average molecular weight is 169 g/mol. The van der Waals surface area contributed by atoms with Crippen molar-refractivity contribution >= 4 is 5.97 Å². The van der Waals surface area contributed by atoms with E-state index in [1.165, 1.54) is 7.11 Å². The second kappa shape index (κ2) is 3.36. The molecule has 5 heteroatoms. The van der Waals surface area contributed by atoms with Crippen LogP contribution in [-0.2, 0) is 9.53 Å². The molecule has 0 fully saturated rings. The van der Waals surface area contributed by atoms with Gasteiger partial charge in [0, 0.05) is 5.69 Å². The lowest BCUT2D eigenvalue weighted by Gasteiger charge is -2.04. The first-order valence-electron chi connectivity index (χ1n) is 3.50. The fraction of sp³-hybridized carbons (Fsp3) is 0.429. The Labute approximate surface area is 69.9 Å². The van der Waals surface area contributed by atoms with E-state index in [2.05, 4.69) is 14.9 Å². The molecule has 66 valence electrons. The van der Waals surface area contributed by atoms with Crippen LogP contribution in [0.4, 0.5) is 0 Å². The van der Waals surface area contributed by atoms with Gasteiger partial charge in [-0.15, -0.1) is 0 Å². The van der Waals surface area contributed by atoms with Crippen molar-refractivity contribution in [3.8, 4) is 0 Å². The summed E-state index contributed by atoms with van der Waals surface area (Å²) in [7, 11) is 1.29. The van der Waals surface area contributed by atoms with Crippen molar-refractivity contribution in [2.45, 2.75) is 13.0 Å². The number of nitrogens with two attached hydrogens (primary N) is 1. The molecule has 1 aromatic rings. The molecule has 0 aromatic carbocycles. The summed E-state index contributed by atoms with van der Waals surface area (Å²) >= 11 is 0. The van der Waals surface area contributed by atoms with Crippen molar-refractivity contribution in [2.75, 3.05) is 7.11 Å². The van der Waals surface area contributed by atoms with Crippen LogP contribution >= 0.6 is 0 Å². The third-order valence-corrected chi connectivity index (χ3v) is 1.50. The van der Waals surface area contributed by atoms with Crippen molar-refractivity contribution in [3.05, 3.63) is 17.5 Å². The molecular formula is C7H11N3O2. The van der Waals surface area contributed by atoms with Gasteiger partial charge in [-0.1, -0.05) is 0 Å². The number of hydrogen-bond acceptors (Lipinski definition) is 4. The monoisotopic (exact) mass is 169 g/mol. The standard InChI is InChI=1S/C7H11N3O2/c1-4-3-5(10-9-4)6(8)7(11)12-2/h3,6H,8H2,1-2H3,(H,9,10). The zero-order chi connectivity index (χ0) is 9.14. The van der Waals surface area contributed by atoms with Crippen LogP contribution in [0.15, 0.2) is 6.07 Å². The SMILES string of the molecule is COC(=O)C(N)c1cc(C)[nH]n1. The Hall–Kier alpha value is -1.36. The van der Waals surface area contributed by atoms with Gasteiger partial charge in [0.15, 0.2) is 0 Å². The first kappa shape index (κ1) is 8.73. The van der Waals surface area contributed by atoms with Gasteiger partial charge in [0.2, 0.25) is 0 Å². The second-order valence-corrected chi connectivity index (χ2v) is 2.48. The normalized spacial score (nSPS) is 12.6. The van der Waals surface area contributed by atoms with Crippen LogP contribution in [0.2, 0.25) is 0 Å². The van der Waals surface area contributed by atoms with Gasteiger partial charge in [0.05, 0.1) is 12.8 Å². The maximum absolute atomic E-state index is 10.9. The minimum Gasteiger partial charge on any atom is -0.468 e. The lowest BCUT2D eigenvalue weighted by Crippen LogP contribution is -2.22. The van der Waals surface area contributed by atoms with Crippen LogP contribution in [0.25, 0.3) is 0 Å². The van der Waals surface area contributed by atoms with Gasteiger partial charge in [-0.3, -0.25) is 5.10 Å². The van der Waals surface area contributed by atoms with Crippen molar-refractivity contribution in [1.29, 1.82) is 0 Å². The van der Waals surface area contributed by atoms with Gasteiger partial charge in [-0.25, -0.2) is 4.79 Å². The van der Waals surface area contributed by atoms with E-state index in [0.29, 0.717) is 5.69 Å². The van der Waals surface area contributed by atoms with E-state index in [1.807, 2.05) is 6.92 Å². The van der Waals surface area contributed by atoms with Crippen LogP contribution in [0, 0.1) is 6.92 Å². The second-order valence-electron chi connectivity index (χ2n) is 2.48. The molecule has 0 radical (unpaired) electrons. The van der Waals surface area contributed by atoms with E-state index >= 15 is 0 Å². The number of methoxy groups -OCH3 is 1. The summed E-state index contributed by atoms with van der Waals surface area (Å²) in [6.45, 7) is 1.83. The number of aromatic nitrogens is 2. The van der Waals surface area contributed by atoms with E-state index in [9.17, 15) is 4.79 Å². The third-order valence-electron chi connectivity index (χ3n) is 1.50. The number of aromatic amines is 1. The molecule has 1 rings (SSSR count). The molecule has 1 unspecified atom stereocenters. The summed E-state index contributed by atoms with van der Waals surface area (Å²) in [6, 6.07) is 0.918. The van der Waals surface area contributed by atoms with Crippen molar-refractivity contribution < 1.29 is 9.53 Å². The summed E-state index contributed by atoms with van der Waals surface area (Å²) in [4.78, 5) is 10.9. The molecule has 0 aliphatic heterocycles. The molecule has 1 atom stereocenters. The predicted octanol–water partition coefficient (Wildman–Crippen LogP) is -0.109. The Morgan fingerprint density at radius 3 is 2.92 bits per heavy atom. The molecule has 3 N–H and O–H groups in total. The van der Waals surface area contributed by atoms with Gasteiger partial charge in [0.25, 0.3) is 0 Å². The number of carbonyl (C=O) groups is 1. The number of aryl methyl sites for hydroxylation is 1. The third kappa shape index (κ3) is 1.62. The van der Waals surface area contributed by atoms with Gasteiger partial charge >= 0.3 is 5.97 Å². The minimum atomic E-state index is -0.792. The highest BCUT2D eigenvalue weighted by molar-refractivity contribution is 5.76. The van der Waals surface area contributed by atoms with E-state index in [0.717, 1.165) is 5.69 Å². The van der Waals surface area contributed by atoms with Crippen molar-refractivity contribution in [1.82, 2.24) is 10.2 Å². The summed E-state index contributed by atoms with van der Waals surface area (Å²) in [5.41, 5.74) is 6.87. The smallest absolute Gasteiger partial charge is 0.328 e. The minimum absolute atomic E-state index is 0.485. The van der Waals surface area contributed by atoms with E-state index in [1.54, 1.807) is 6.07 Å². The zero-order valence-electron chi connectivity index (χ0n) is 7.00. The van der Waals surface area contributed by atoms with E-state index < -0.39 is 12.0 Å². The highest BCUT2D eigenvalue weighted by atomic mass is 16.5. The molecule has 0 saturated heterocycles. The number of nitrogens with one attached hydrogen (secondary N) is 1. The Balaban J connectivity index is 2.77. The first-order chi connectivity index (χ1) is 5.65. The Morgan fingerprint density at radius 1 is 1.83 bits per heavy atom. The predicted molar refractivity (Wildman–Crippen MR) is 42.3 cm³/mol.